The fourth-order valence-electron chi connectivity index (χ4n) is 3.77. The second kappa shape index (κ2) is 11.5. The fraction of sp³-hybridized carbons (Fsp3) is 0.320. The van der Waals surface area contributed by atoms with Crippen molar-refractivity contribution in [1.82, 2.24) is 10.3 Å². The van der Waals surface area contributed by atoms with E-state index in [0.717, 1.165) is 42.4 Å². The molecular weight excluding hydrogens is 463 g/mol. The van der Waals surface area contributed by atoms with Crippen molar-refractivity contribution in [2.45, 2.75) is 43.9 Å². The van der Waals surface area contributed by atoms with Crippen LogP contribution < -0.4 is 15.4 Å². The number of hydrogen-bond donors (Lipinski definition) is 3. The monoisotopic (exact) mass is 489 g/mol. The molecule has 10 heteroatoms. The molecule has 0 radical (unpaired) electrons. The maximum atomic E-state index is 12.5. The number of amides is 1. The number of benzene rings is 2. The maximum Gasteiger partial charge on any atom is 0.490 e. The third-order valence-corrected chi connectivity index (χ3v) is 5.59. The number of rotatable bonds is 5. The van der Waals surface area contributed by atoms with Crippen molar-refractivity contribution in [2.75, 3.05) is 12.4 Å². The standard InChI is InChI=1S/C23H25N3O2.C2HF3O2/c1-28-20-7-4-6-17(15-20)23(27)25-19-12-10-18(11-13-19)24-22-14-9-16-5-2-3-8-21(16)26-22;3-2(4,5)1(6)7/h2-9,14-15,18-19H,10-13H2,1H3,(H,24,26)(H,25,27);(H,6,7). The Hall–Kier alpha value is -3.82. The molecule has 1 aliphatic carbocycles. The lowest BCUT2D eigenvalue weighted by molar-refractivity contribution is -0.192. The van der Waals surface area contributed by atoms with Crippen molar-refractivity contribution in [3.05, 3.63) is 66.2 Å². The van der Waals surface area contributed by atoms with Crippen LogP contribution in [0.25, 0.3) is 10.9 Å². The van der Waals surface area contributed by atoms with E-state index in [1.807, 2.05) is 42.5 Å². The zero-order chi connectivity index (χ0) is 25.4. The summed E-state index contributed by atoms with van der Waals surface area (Å²) in [5, 5.41) is 15.0. The minimum Gasteiger partial charge on any atom is -0.497 e. The van der Waals surface area contributed by atoms with Crippen LogP contribution in [0.2, 0.25) is 0 Å². The summed E-state index contributed by atoms with van der Waals surface area (Å²) in [6, 6.07) is 20.1. The predicted molar refractivity (Wildman–Crippen MR) is 126 cm³/mol. The molecule has 1 amide bonds. The molecule has 7 nitrogen and oxygen atoms in total. The molecule has 1 fully saturated rings. The Bertz CT molecular complexity index is 1160. The van der Waals surface area contributed by atoms with Gasteiger partial charge in [-0.2, -0.15) is 13.2 Å². The number of carbonyl (C=O) groups is 2. The maximum absolute atomic E-state index is 12.5. The lowest BCUT2D eigenvalue weighted by Crippen LogP contribution is -2.40. The second-order valence-corrected chi connectivity index (χ2v) is 8.09. The lowest BCUT2D eigenvalue weighted by Gasteiger charge is -2.30. The van der Waals surface area contributed by atoms with Crippen molar-refractivity contribution < 1.29 is 32.6 Å². The number of ether oxygens (including phenoxy) is 1. The number of aromatic nitrogens is 1. The van der Waals surface area contributed by atoms with Gasteiger partial charge in [0, 0.05) is 23.0 Å². The van der Waals surface area contributed by atoms with Crippen molar-refractivity contribution in [3.63, 3.8) is 0 Å². The molecule has 1 heterocycles. The topological polar surface area (TPSA) is 101 Å². The van der Waals surface area contributed by atoms with Crippen LogP contribution >= 0.6 is 0 Å². The molecule has 0 atom stereocenters. The highest BCUT2D eigenvalue weighted by Gasteiger charge is 2.38. The van der Waals surface area contributed by atoms with Gasteiger partial charge in [-0.05, 0) is 62.1 Å². The van der Waals surface area contributed by atoms with Crippen molar-refractivity contribution >= 4 is 28.6 Å². The first-order valence-electron chi connectivity index (χ1n) is 11.0. The van der Waals surface area contributed by atoms with E-state index in [-0.39, 0.29) is 11.9 Å². The summed E-state index contributed by atoms with van der Waals surface area (Å²) < 4.78 is 36.9. The molecule has 0 unspecified atom stereocenters. The third kappa shape index (κ3) is 7.59. The summed E-state index contributed by atoms with van der Waals surface area (Å²) in [6.07, 6.45) is -1.14. The molecule has 0 bridgehead atoms. The predicted octanol–water partition coefficient (Wildman–Crippen LogP) is 5.03. The van der Waals surface area contributed by atoms with Crippen molar-refractivity contribution in [2.24, 2.45) is 0 Å². The molecule has 4 rings (SSSR count). The zero-order valence-electron chi connectivity index (χ0n) is 19.0. The Labute approximate surface area is 200 Å². The van der Waals surface area contributed by atoms with Gasteiger partial charge >= 0.3 is 12.1 Å². The number of hydrogen-bond acceptors (Lipinski definition) is 5. The summed E-state index contributed by atoms with van der Waals surface area (Å²) in [4.78, 5) is 26.1. The highest BCUT2D eigenvalue weighted by atomic mass is 19.4. The van der Waals surface area contributed by atoms with Crippen molar-refractivity contribution in [3.8, 4) is 5.75 Å². The molecule has 3 aromatic rings. The van der Waals surface area contributed by atoms with Crippen molar-refractivity contribution in [1.29, 1.82) is 0 Å². The number of nitrogens with one attached hydrogen (secondary N) is 2. The van der Waals surface area contributed by atoms with Crippen LogP contribution in [0.15, 0.2) is 60.7 Å². The fourth-order valence-corrected chi connectivity index (χ4v) is 3.77. The van der Waals surface area contributed by atoms with E-state index in [4.69, 9.17) is 19.6 Å². The lowest BCUT2D eigenvalue weighted by atomic mass is 9.91. The summed E-state index contributed by atoms with van der Waals surface area (Å²) >= 11 is 0. The van der Waals surface area contributed by atoms with E-state index in [9.17, 15) is 18.0 Å². The number of aliphatic carboxylic acids is 1. The molecule has 2 aromatic carbocycles. The van der Waals surface area contributed by atoms with Gasteiger partial charge in [0.15, 0.2) is 0 Å². The SMILES string of the molecule is COc1cccc(C(=O)NC2CCC(Nc3ccc4ccccc4n3)CC2)c1.O=C(O)C(F)(F)F. The normalized spacial score (nSPS) is 17.6. The second-order valence-electron chi connectivity index (χ2n) is 8.09. The number of pyridine rings is 1. The molecule has 0 spiro atoms. The first kappa shape index (κ1) is 25.8. The molecular formula is C25H26F3N3O4. The van der Waals surface area contributed by atoms with Gasteiger partial charge in [-0.25, -0.2) is 9.78 Å². The Morgan fingerprint density at radius 1 is 0.971 bits per heavy atom. The van der Waals surface area contributed by atoms with E-state index >= 15 is 0 Å². The molecule has 1 saturated carbocycles. The van der Waals surface area contributed by atoms with Crippen LogP contribution in [-0.2, 0) is 4.79 Å². The number of carboxylic acid groups (broad SMARTS) is 1. The zero-order valence-corrected chi connectivity index (χ0v) is 19.0. The average molecular weight is 489 g/mol. The smallest absolute Gasteiger partial charge is 0.490 e. The Morgan fingerprint density at radius 2 is 1.63 bits per heavy atom. The first-order valence-corrected chi connectivity index (χ1v) is 11.0. The summed E-state index contributed by atoms with van der Waals surface area (Å²) in [7, 11) is 1.61. The largest absolute Gasteiger partial charge is 0.497 e. The van der Waals surface area contributed by atoms with Gasteiger partial charge in [-0.3, -0.25) is 4.79 Å². The van der Waals surface area contributed by atoms with Crippen LogP contribution in [0.4, 0.5) is 19.0 Å². The number of fused-ring (bicyclic) bond motifs is 1. The number of nitrogens with zero attached hydrogens (tertiary/aromatic N) is 1. The third-order valence-electron chi connectivity index (χ3n) is 5.59. The van der Waals surface area contributed by atoms with E-state index in [0.29, 0.717) is 17.4 Å². The summed E-state index contributed by atoms with van der Waals surface area (Å²) in [5.74, 6) is -1.18. The molecule has 3 N–H and O–H groups in total. The minimum atomic E-state index is -5.08. The van der Waals surface area contributed by atoms with E-state index in [1.54, 1.807) is 13.2 Å². The van der Waals surface area contributed by atoms with Gasteiger partial charge < -0.3 is 20.5 Å². The number of halogens is 3. The minimum absolute atomic E-state index is 0.0356. The highest BCUT2D eigenvalue weighted by molar-refractivity contribution is 5.94. The molecule has 0 aliphatic heterocycles. The van der Waals surface area contributed by atoms with Gasteiger partial charge in [0.1, 0.15) is 11.6 Å². The van der Waals surface area contributed by atoms with Gasteiger partial charge in [-0.1, -0.05) is 24.3 Å². The number of alkyl halides is 3. The summed E-state index contributed by atoms with van der Waals surface area (Å²) in [5.41, 5.74) is 1.65. The number of carboxylic acids is 1. The number of para-hydroxylation sites is 1. The Morgan fingerprint density at radius 3 is 2.29 bits per heavy atom. The number of methoxy groups -OCH3 is 1. The Kier molecular flexibility index (Phi) is 8.51. The molecule has 186 valence electrons. The quantitative estimate of drug-likeness (QED) is 0.465. The molecule has 35 heavy (non-hydrogen) atoms. The van der Waals surface area contributed by atoms with Gasteiger partial charge in [0.25, 0.3) is 5.91 Å². The highest BCUT2D eigenvalue weighted by Crippen LogP contribution is 2.23. The van der Waals surface area contributed by atoms with Gasteiger partial charge in [-0.15, -0.1) is 0 Å². The van der Waals surface area contributed by atoms with E-state index in [2.05, 4.69) is 22.8 Å². The first-order chi connectivity index (χ1) is 16.7. The molecule has 1 aliphatic rings. The van der Waals surface area contributed by atoms with E-state index < -0.39 is 12.1 Å². The Balaban J connectivity index is 0.000000429. The average Bonchev–Trinajstić information content (AvgIpc) is 2.85. The molecule has 0 saturated heterocycles. The van der Waals surface area contributed by atoms with Gasteiger partial charge in [0.2, 0.25) is 0 Å². The van der Waals surface area contributed by atoms with Gasteiger partial charge in [0.05, 0.1) is 12.6 Å². The number of anilines is 1. The van der Waals surface area contributed by atoms with Crippen LogP contribution in [0, 0.1) is 0 Å². The molecule has 1 aromatic heterocycles. The number of carbonyl (C=O) groups excluding carboxylic acids is 1. The van der Waals surface area contributed by atoms with Crippen LogP contribution in [0.5, 0.6) is 5.75 Å². The van der Waals surface area contributed by atoms with Crippen LogP contribution in [0.1, 0.15) is 36.0 Å². The van der Waals surface area contributed by atoms with Crippen LogP contribution in [-0.4, -0.2) is 47.3 Å². The summed E-state index contributed by atoms with van der Waals surface area (Å²) in [6.45, 7) is 0. The van der Waals surface area contributed by atoms with E-state index in [1.165, 1.54) is 0 Å². The van der Waals surface area contributed by atoms with Crippen LogP contribution in [0.3, 0.4) is 0 Å².